The SMILES string of the molecule is CO[C@]1(C)OC(=O)[C@H]2[C@@H]1[C@H]1C=C[C@@H]2C1. The molecule has 5 atom stereocenters. The minimum absolute atomic E-state index is 0.0509. The van der Waals surface area contributed by atoms with E-state index in [9.17, 15) is 4.79 Å². The van der Waals surface area contributed by atoms with E-state index in [0.29, 0.717) is 11.8 Å². The van der Waals surface area contributed by atoms with Gasteiger partial charge >= 0.3 is 5.97 Å². The van der Waals surface area contributed by atoms with Gasteiger partial charge in [0.2, 0.25) is 5.79 Å². The number of allylic oxidation sites excluding steroid dienone is 2. The molecule has 0 N–H and O–H groups in total. The van der Waals surface area contributed by atoms with Crippen LogP contribution < -0.4 is 0 Å². The maximum Gasteiger partial charge on any atom is 0.312 e. The number of cyclic esters (lactones) is 1. The van der Waals surface area contributed by atoms with Crippen molar-refractivity contribution in [3.8, 4) is 0 Å². The average molecular weight is 194 g/mol. The van der Waals surface area contributed by atoms with Crippen molar-refractivity contribution >= 4 is 5.97 Å². The fraction of sp³-hybridized carbons (Fsp3) is 0.727. The summed E-state index contributed by atoms with van der Waals surface area (Å²) in [5.41, 5.74) is 0. The van der Waals surface area contributed by atoms with E-state index in [1.54, 1.807) is 7.11 Å². The lowest BCUT2D eigenvalue weighted by atomic mass is 9.80. The predicted octanol–water partition coefficient (Wildman–Crippen LogP) is 1.34. The van der Waals surface area contributed by atoms with Crippen LogP contribution in [0.15, 0.2) is 12.2 Å². The lowest BCUT2D eigenvalue weighted by Crippen LogP contribution is -2.37. The van der Waals surface area contributed by atoms with Crippen LogP contribution in [0, 0.1) is 23.7 Å². The molecule has 3 aliphatic rings. The van der Waals surface area contributed by atoms with Crippen molar-refractivity contribution in [1.29, 1.82) is 0 Å². The number of hydrogen-bond donors (Lipinski definition) is 0. The molecule has 0 radical (unpaired) electrons. The van der Waals surface area contributed by atoms with Crippen LogP contribution in [0.2, 0.25) is 0 Å². The Morgan fingerprint density at radius 3 is 2.93 bits per heavy atom. The van der Waals surface area contributed by atoms with Gasteiger partial charge in [0, 0.05) is 20.0 Å². The molecule has 2 fully saturated rings. The molecule has 0 amide bonds. The van der Waals surface area contributed by atoms with Gasteiger partial charge < -0.3 is 9.47 Å². The van der Waals surface area contributed by atoms with E-state index >= 15 is 0 Å². The van der Waals surface area contributed by atoms with Crippen molar-refractivity contribution in [2.75, 3.05) is 7.11 Å². The second-order valence-corrected chi connectivity index (χ2v) is 4.64. The molecule has 3 rings (SSSR count). The van der Waals surface area contributed by atoms with Crippen molar-refractivity contribution in [2.45, 2.75) is 19.1 Å². The maximum atomic E-state index is 11.7. The summed E-state index contributed by atoms with van der Waals surface area (Å²) in [6.07, 6.45) is 5.48. The molecule has 1 aliphatic heterocycles. The fourth-order valence-corrected chi connectivity index (χ4v) is 3.37. The minimum atomic E-state index is -0.689. The predicted molar refractivity (Wildman–Crippen MR) is 49.2 cm³/mol. The lowest BCUT2D eigenvalue weighted by molar-refractivity contribution is -0.209. The standard InChI is InChI=1S/C11H14O3/c1-11(13-2)9-7-4-3-6(5-7)8(9)10(12)14-11/h3-4,6-9H,5H2,1-2H3/t6-,7+,8-,9+,11-/m1/s1. The molecular formula is C11H14O3. The number of methoxy groups -OCH3 is 1. The zero-order valence-corrected chi connectivity index (χ0v) is 8.40. The van der Waals surface area contributed by atoms with E-state index in [-0.39, 0.29) is 17.8 Å². The van der Waals surface area contributed by atoms with Crippen molar-refractivity contribution in [3.63, 3.8) is 0 Å². The summed E-state index contributed by atoms with van der Waals surface area (Å²) in [4.78, 5) is 11.7. The van der Waals surface area contributed by atoms with Crippen LogP contribution in [-0.4, -0.2) is 18.9 Å². The number of fused-ring (bicyclic) bond motifs is 5. The normalized spacial score (nSPS) is 53.7. The van der Waals surface area contributed by atoms with Crippen molar-refractivity contribution in [3.05, 3.63) is 12.2 Å². The van der Waals surface area contributed by atoms with E-state index in [4.69, 9.17) is 9.47 Å². The number of hydrogen-bond acceptors (Lipinski definition) is 3. The average Bonchev–Trinajstić information content (AvgIpc) is 2.80. The Balaban J connectivity index is 2.03. The van der Waals surface area contributed by atoms with E-state index < -0.39 is 5.79 Å². The molecule has 0 spiro atoms. The molecule has 0 aromatic carbocycles. The molecule has 1 saturated carbocycles. The first kappa shape index (κ1) is 8.48. The summed E-state index contributed by atoms with van der Waals surface area (Å²) >= 11 is 0. The van der Waals surface area contributed by atoms with Gasteiger partial charge in [-0.05, 0) is 18.3 Å². The summed E-state index contributed by atoms with van der Waals surface area (Å²) in [5.74, 6) is 0.392. The van der Waals surface area contributed by atoms with Crippen molar-refractivity contribution in [2.24, 2.45) is 23.7 Å². The molecule has 1 heterocycles. The first-order valence-electron chi connectivity index (χ1n) is 5.12. The number of rotatable bonds is 1. The highest BCUT2D eigenvalue weighted by Crippen LogP contribution is 2.57. The largest absolute Gasteiger partial charge is 0.433 e. The summed E-state index contributed by atoms with van der Waals surface area (Å²) < 4.78 is 10.7. The van der Waals surface area contributed by atoms with Gasteiger partial charge in [-0.1, -0.05) is 12.2 Å². The van der Waals surface area contributed by atoms with Gasteiger partial charge in [-0.15, -0.1) is 0 Å². The molecule has 0 aromatic rings. The van der Waals surface area contributed by atoms with Gasteiger partial charge in [-0.25, -0.2) is 0 Å². The van der Waals surface area contributed by atoms with Crippen LogP contribution in [0.4, 0.5) is 0 Å². The lowest BCUT2D eigenvalue weighted by Gasteiger charge is -2.30. The zero-order valence-electron chi connectivity index (χ0n) is 8.40. The molecule has 0 aromatic heterocycles. The van der Waals surface area contributed by atoms with Gasteiger partial charge in [0.05, 0.1) is 5.92 Å². The highest BCUT2D eigenvalue weighted by Gasteiger charge is 2.63. The van der Waals surface area contributed by atoms with Gasteiger partial charge in [-0.2, -0.15) is 0 Å². The highest BCUT2D eigenvalue weighted by atomic mass is 16.7. The third-order valence-electron chi connectivity index (χ3n) is 4.05. The number of carbonyl (C=O) groups excluding carboxylic acids is 1. The smallest absolute Gasteiger partial charge is 0.312 e. The summed E-state index contributed by atoms with van der Waals surface area (Å²) in [6.45, 7) is 1.88. The second kappa shape index (κ2) is 2.40. The van der Waals surface area contributed by atoms with Gasteiger partial charge in [-0.3, -0.25) is 4.79 Å². The fourth-order valence-electron chi connectivity index (χ4n) is 3.37. The molecule has 3 heteroatoms. The Hall–Kier alpha value is -0.830. The molecule has 0 unspecified atom stereocenters. The summed E-state index contributed by atoms with van der Waals surface area (Å²) in [5, 5.41) is 0. The molecule has 3 nitrogen and oxygen atoms in total. The Labute approximate surface area is 83.1 Å². The van der Waals surface area contributed by atoms with Gasteiger partial charge in [0.25, 0.3) is 0 Å². The maximum absolute atomic E-state index is 11.7. The Morgan fingerprint density at radius 2 is 2.21 bits per heavy atom. The Morgan fingerprint density at radius 1 is 1.50 bits per heavy atom. The molecule has 14 heavy (non-hydrogen) atoms. The van der Waals surface area contributed by atoms with Crippen LogP contribution in [0.25, 0.3) is 0 Å². The topological polar surface area (TPSA) is 35.5 Å². The Bertz CT molecular complexity index is 322. The van der Waals surface area contributed by atoms with Crippen LogP contribution >= 0.6 is 0 Å². The van der Waals surface area contributed by atoms with Gasteiger partial charge in [0.15, 0.2) is 0 Å². The molecule has 76 valence electrons. The number of esters is 1. The van der Waals surface area contributed by atoms with Gasteiger partial charge in [0.1, 0.15) is 0 Å². The number of ether oxygens (including phenoxy) is 2. The van der Waals surface area contributed by atoms with Crippen LogP contribution in [0.5, 0.6) is 0 Å². The second-order valence-electron chi connectivity index (χ2n) is 4.64. The van der Waals surface area contributed by atoms with Crippen LogP contribution in [0.1, 0.15) is 13.3 Å². The quantitative estimate of drug-likeness (QED) is 0.467. The van der Waals surface area contributed by atoms with Crippen LogP contribution in [-0.2, 0) is 14.3 Å². The van der Waals surface area contributed by atoms with Crippen molar-refractivity contribution in [1.82, 2.24) is 0 Å². The van der Waals surface area contributed by atoms with E-state index in [0.717, 1.165) is 6.42 Å². The summed E-state index contributed by atoms with van der Waals surface area (Å²) in [7, 11) is 1.62. The summed E-state index contributed by atoms with van der Waals surface area (Å²) in [6, 6.07) is 0. The van der Waals surface area contributed by atoms with Crippen LogP contribution in [0.3, 0.4) is 0 Å². The number of carbonyl (C=O) groups is 1. The minimum Gasteiger partial charge on any atom is -0.433 e. The molecule has 1 saturated heterocycles. The molecular weight excluding hydrogens is 180 g/mol. The highest BCUT2D eigenvalue weighted by molar-refractivity contribution is 5.77. The zero-order chi connectivity index (χ0) is 9.92. The third kappa shape index (κ3) is 0.793. The monoisotopic (exact) mass is 194 g/mol. The third-order valence-corrected chi connectivity index (χ3v) is 4.05. The molecule has 2 bridgehead atoms. The first-order valence-corrected chi connectivity index (χ1v) is 5.12. The van der Waals surface area contributed by atoms with Crippen molar-refractivity contribution < 1.29 is 14.3 Å². The first-order chi connectivity index (χ1) is 6.65. The Kier molecular flexibility index (Phi) is 1.45. The van der Waals surface area contributed by atoms with E-state index in [1.165, 1.54) is 0 Å². The molecule has 2 aliphatic carbocycles. The van der Waals surface area contributed by atoms with E-state index in [2.05, 4.69) is 12.2 Å². The van der Waals surface area contributed by atoms with E-state index in [1.807, 2.05) is 6.92 Å².